The van der Waals surface area contributed by atoms with Crippen molar-refractivity contribution in [1.29, 1.82) is 0 Å². The van der Waals surface area contributed by atoms with E-state index in [0.717, 1.165) is 61.2 Å². The molecule has 1 aromatic carbocycles. The molecule has 1 aliphatic rings. The number of rotatable bonds is 5. The first-order valence-electron chi connectivity index (χ1n) is 9.98. The number of fused-ring (bicyclic) bond motifs is 1. The summed E-state index contributed by atoms with van der Waals surface area (Å²) in [6.45, 7) is 6.65. The first-order chi connectivity index (χ1) is 13.7. The van der Waals surface area contributed by atoms with Crippen LogP contribution >= 0.6 is 24.8 Å². The van der Waals surface area contributed by atoms with Gasteiger partial charge in [-0.25, -0.2) is 4.68 Å². The Balaban J connectivity index is 0.00000160. The molecule has 7 nitrogen and oxygen atoms in total. The van der Waals surface area contributed by atoms with Gasteiger partial charge in [-0.05, 0) is 51.4 Å². The second-order valence-corrected chi connectivity index (χ2v) is 7.27. The molecular weight excluding hydrogens is 423 g/mol. The molecule has 0 spiro atoms. The monoisotopic (exact) mass is 450 g/mol. The molecule has 0 radical (unpaired) electrons. The molecule has 0 saturated carbocycles. The van der Waals surface area contributed by atoms with Crippen molar-refractivity contribution in [2.75, 3.05) is 19.6 Å². The van der Waals surface area contributed by atoms with E-state index < -0.39 is 0 Å². The molecular formula is C21H28Cl2N6O. The van der Waals surface area contributed by atoms with Gasteiger partial charge in [-0.3, -0.25) is 9.78 Å². The number of piperidine rings is 1. The fourth-order valence-corrected chi connectivity index (χ4v) is 3.96. The summed E-state index contributed by atoms with van der Waals surface area (Å²) in [4.78, 5) is 19.8. The first-order valence-corrected chi connectivity index (χ1v) is 9.98. The Kier molecular flexibility index (Phi) is 8.58. The Morgan fingerprint density at radius 1 is 1.20 bits per heavy atom. The van der Waals surface area contributed by atoms with Gasteiger partial charge in [0.15, 0.2) is 5.69 Å². The molecule has 162 valence electrons. The molecule has 3 aromatic rings. The maximum Gasteiger partial charge on any atom is 0.276 e. The number of hydrogen-bond donors (Lipinski definition) is 1. The summed E-state index contributed by atoms with van der Waals surface area (Å²) in [5.41, 5.74) is 2.87. The third-order valence-corrected chi connectivity index (χ3v) is 5.41. The van der Waals surface area contributed by atoms with E-state index in [4.69, 9.17) is 0 Å². The van der Waals surface area contributed by atoms with Crippen LogP contribution in [0.15, 0.2) is 36.5 Å². The zero-order chi connectivity index (χ0) is 19.5. The zero-order valence-corrected chi connectivity index (χ0v) is 18.9. The third kappa shape index (κ3) is 4.58. The van der Waals surface area contributed by atoms with E-state index >= 15 is 0 Å². The van der Waals surface area contributed by atoms with Gasteiger partial charge in [0, 0.05) is 24.2 Å². The summed E-state index contributed by atoms with van der Waals surface area (Å²) in [5.74, 6) is -0.0225. The Labute approximate surface area is 189 Å². The van der Waals surface area contributed by atoms with E-state index in [9.17, 15) is 4.79 Å². The Morgan fingerprint density at radius 3 is 2.67 bits per heavy atom. The summed E-state index contributed by atoms with van der Waals surface area (Å²) >= 11 is 0. The molecule has 0 bridgehead atoms. The van der Waals surface area contributed by atoms with Crippen LogP contribution in [-0.4, -0.2) is 56.5 Å². The lowest BCUT2D eigenvalue weighted by molar-refractivity contribution is 0.0635. The quantitative estimate of drug-likeness (QED) is 0.642. The lowest BCUT2D eigenvalue weighted by Crippen LogP contribution is -2.46. The SMILES string of the molecule is CCCN(C(=O)c1nnn(-c2cccc3cccnc23)c1C)C1CCNCC1.Cl.Cl. The highest BCUT2D eigenvalue weighted by Gasteiger charge is 2.29. The molecule has 1 aliphatic heterocycles. The van der Waals surface area contributed by atoms with Crippen molar-refractivity contribution in [2.24, 2.45) is 0 Å². The van der Waals surface area contributed by atoms with Crippen molar-refractivity contribution in [1.82, 2.24) is 30.2 Å². The van der Waals surface area contributed by atoms with Crippen LogP contribution < -0.4 is 5.32 Å². The smallest absolute Gasteiger partial charge is 0.276 e. The number of pyridine rings is 1. The zero-order valence-electron chi connectivity index (χ0n) is 17.2. The van der Waals surface area contributed by atoms with Gasteiger partial charge in [0.25, 0.3) is 5.91 Å². The first kappa shape index (κ1) is 24.1. The normalized spacial score (nSPS) is 14.1. The van der Waals surface area contributed by atoms with Gasteiger partial charge in [-0.2, -0.15) is 0 Å². The highest BCUT2D eigenvalue weighted by molar-refractivity contribution is 5.94. The number of amides is 1. The predicted molar refractivity (Wildman–Crippen MR) is 123 cm³/mol. The van der Waals surface area contributed by atoms with Gasteiger partial charge in [0.05, 0.1) is 16.9 Å². The average molecular weight is 451 g/mol. The summed E-state index contributed by atoms with van der Waals surface area (Å²) in [6.07, 6.45) is 4.65. The van der Waals surface area contributed by atoms with Crippen LogP contribution in [-0.2, 0) is 0 Å². The molecule has 4 rings (SSSR count). The second-order valence-electron chi connectivity index (χ2n) is 7.27. The van der Waals surface area contributed by atoms with Crippen LogP contribution in [0.25, 0.3) is 16.6 Å². The van der Waals surface area contributed by atoms with Gasteiger partial charge in [-0.15, -0.1) is 29.9 Å². The fourth-order valence-electron chi connectivity index (χ4n) is 3.96. The molecule has 1 amide bonds. The van der Waals surface area contributed by atoms with Crippen LogP contribution in [0, 0.1) is 6.92 Å². The second kappa shape index (κ2) is 10.7. The molecule has 0 atom stereocenters. The molecule has 30 heavy (non-hydrogen) atoms. The molecule has 0 unspecified atom stereocenters. The van der Waals surface area contributed by atoms with E-state index in [0.29, 0.717) is 5.69 Å². The highest BCUT2D eigenvalue weighted by atomic mass is 35.5. The molecule has 1 N–H and O–H groups in total. The minimum atomic E-state index is -0.0225. The van der Waals surface area contributed by atoms with E-state index in [-0.39, 0.29) is 36.8 Å². The van der Waals surface area contributed by atoms with Crippen molar-refractivity contribution in [3.05, 3.63) is 47.9 Å². The number of para-hydroxylation sites is 1. The summed E-state index contributed by atoms with van der Waals surface area (Å²) in [6, 6.07) is 10.1. The standard InChI is InChI=1S/C21H26N6O.2ClH/c1-3-14-26(17-9-12-22-13-10-17)21(28)19-15(2)27(25-24-19)18-8-4-6-16-7-5-11-23-20(16)18;;/h4-8,11,17,22H,3,9-10,12-14H2,1-2H3;2*1H. The minimum Gasteiger partial charge on any atom is -0.334 e. The third-order valence-electron chi connectivity index (χ3n) is 5.41. The number of nitrogens with zero attached hydrogens (tertiary/aromatic N) is 5. The number of aromatic nitrogens is 4. The Bertz CT molecular complexity index is 981. The number of benzene rings is 1. The van der Waals surface area contributed by atoms with Crippen LogP contribution in [0.5, 0.6) is 0 Å². The van der Waals surface area contributed by atoms with Crippen molar-refractivity contribution < 1.29 is 4.79 Å². The largest absolute Gasteiger partial charge is 0.334 e. The number of carbonyl (C=O) groups is 1. The maximum absolute atomic E-state index is 13.3. The summed E-state index contributed by atoms with van der Waals surface area (Å²) in [5, 5.41) is 13.0. The number of carbonyl (C=O) groups excluding carboxylic acids is 1. The molecule has 0 aliphatic carbocycles. The fraction of sp³-hybridized carbons (Fsp3) is 0.429. The van der Waals surface area contributed by atoms with Crippen LogP contribution in [0.1, 0.15) is 42.4 Å². The van der Waals surface area contributed by atoms with E-state index in [1.54, 1.807) is 10.9 Å². The van der Waals surface area contributed by atoms with Crippen LogP contribution in [0.2, 0.25) is 0 Å². The molecule has 3 heterocycles. The Morgan fingerprint density at radius 2 is 1.93 bits per heavy atom. The van der Waals surface area contributed by atoms with Crippen molar-refractivity contribution in [3.63, 3.8) is 0 Å². The maximum atomic E-state index is 13.3. The highest BCUT2D eigenvalue weighted by Crippen LogP contribution is 2.23. The molecule has 1 saturated heterocycles. The molecule has 9 heteroatoms. The van der Waals surface area contributed by atoms with Crippen molar-refractivity contribution >= 4 is 41.6 Å². The summed E-state index contributed by atoms with van der Waals surface area (Å²) in [7, 11) is 0. The lowest BCUT2D eigenvalue weighted by Gasteiger charge is -2.34. The number of hydrogen-bond acceptors (Lipinski definition) is 5. The van der Waals surface area contributed by atoms with Crippen LogP contribution in [0.3, 0.4) is 0 Å². The van der Waals surface area contributed by atoms with Gasteiger partial charge < -0.3 is 10.2 Å². The average Bonchev–Trinajstić information content (AvgIpc) is 3.13. The van der Waals surface area contributed by atoms with Crippen molar-refractivity contribution in [3.8, 4) is 5.69 Å². The van der Waals surface area contributed by atoms with E-state index in [1.807, 2.05) is 42.2 Å². The van der Waals surface area contributed by atoms with Crippen LogP contribution in [0.4, 0.5) is 0 Å². The lowest BCUT2D eigenvalue weighted by atomic mass is 10.0. The Hall–Kier alpha value is -2.22. The van der Waals surface area contributed by atoms with Gasteiger partial charge in [0.1, 0.15) is 0 Å². The minimum absolute atomic E-state index is 0. The van der Waals surface area contributed by atoms with Gasteiger partial charge >= 0.3 is 0 Å². The number of halogens is 2. The molecule has 1 fully saturated rings. The summed E-state index contributed by atoms with van der Waals surface area (Å²) < 4.78 is 1.73. The predicted octanol–water partition coefficient (Wildman–Crippen LogP) is 3.57. The van der Waals surface area contributed by atoms with E-state index in [2.05, 4.69) is 27.5 Å². The van der Waals surface area contributed by atoms with E-state index in [1.165, 1.54) is 0 Å². The van der Waals surface area contributed by atoms with Gasteiger partial charge in [0.2, 0.25) is 0 Å². The molecule has 2 aromatic heterocycles. The van der Waals surface area contributed by atoms with Gasteiger partial charge in [-0.1, -0.05) is 30.3 Å². The topological polar surface area (TPSA) is 75.9 Å². The number of nitrogens with one attached hydrogen (secondary N) is 1. The van der Waals surface area contributed by atoms with Crippen molar-refractivity contribution in [2.45, 2.75) is 39.2 Å².